The molecule has 1 saturated heterocycles. The van der Waals surface area contributed by atoms with Gasteiger partial charge < -0.3 is 0 Å². The maximum atomic E-state index is 13.3. The summed E-state index contributed by atoms with van der Waals surface area (Å²) in [7, 11) is -4.03. The number of aromatic nitrogens is 4. The molecule has 14 heteroatoms. The van der Waals surface area contributed by atoms with Gasteiger partial charge in [-0.15, -0.1) is 0 Å². The Labute approximate surface area is 200 Å². The number of benzene rings is 1. The summed E-state index contributed by atoms with van der Waals surface area (Å²) >= 11 is -0.813. The normalized spacial score (nSPS) is 22.3. The standard InChI is InChI=1S/C20H22F2N8O2SSe/c1-11-7-29(8-12(2)25-11)14-5-13(33(31,32)28-20(9-23)3-4-20)6-15-16(14)24-10-30(15)19-27-26-18(34-19)17(21)22/h5-6,10-12,17,25,28H,3-4,7-8H2,1-2H3/t11-,12-/m0/s1. The van der Waals surface area contributed by atoms with Gasteiger partial charge in [-0.2, -0.15) is 0 Å². The van der Waals surface area contributed by atoms with E-state index in [-0.39, 0.29) is 21.5 Å². The Morgan fingerprint density at radius 2 is 1.97 bits per heavy atom. The third-order valence-corrected chi connectivity index (χ3v) is 9.40. The Kier molecular flexibility index (Phi) is 5.73. The summed E-state index contributed by atoms with van der Waals surface area (Å²) < 4.78 is 56.9. The van der Waals surface area contributed by atoms with Gasteiger partial charge in [-0.05, 0) is 0 Å². The second-order valence-electron chi connectivity index (χ2n) is 8.82. The zero-order valence-corrected chi connectivity index (χ0v) is 20.9. The van der Waals surface area contributed by atoms with Crippen LogP contribution in [0.25, 0.3) is 15.7 Å². The van der Waals surface area contributed by atoms with E-state index in [0.717, 1.165) is 0 Å². The number of nitrogens with one attached hydrogen (secondary N) is 2. The Bertz CT molecular complexity index is 1390. The molecular formula is C20H22F2N8O2SSe. The minimum absolute atomic E-state index is 0.0155. The minimum atomic E-state index is -4.03. The van der Waals surface area contributed by atoms with E-state index in [9.17, 15) is 22.5 Å². The first-order valence-electron chi connectivity index (χ1n) is 10.7. The summed E-state index contributed by atoms with van der Waals surface area (Å²) in [6.07, 6.45) is -0.322. The summed E-state index contributed by atoms with van der Waals surface area (Å²) in [4.78, 5) is 6.57. The third kappa shape index (κ3) is 4.23. The zero-order valence-electron chi connectivity index (χ0n) is 18.4. The van der Waals surface area contributed by atoms with Crippen molar-refractivity contribution in [2.45, 2.75) is 55.6 Å². The van der Waals surface area contributed by atoms with Crippen molar-refractivity contribution in [3.05, 3.63) is 23.0 Å². The van der Waals surface area contributed by atoms with E-state index in [4.69, 9.17) is 0 Å². The number of nitriles is 1. The molecular weight excluding hydrogens is 533 g/mol. The number of alkyl halides is 2. The molecule has 1 aliphatic carbocycles. The summed E-state index contributed by atoms with van der Waals surface area (Å²) in [5.41, 5.74) is 0.528. The van der Waals surface area contributed by atoms with E-state index in [1.807, 2.05) is 19.9 Å². The number of piperazine rings is 1. The molecule has 34 heavy (non-hydrogen) atoms. The summed E-state index contributed by atoms with van der Waals surface area (Å²) in [6.45, 7) is 5.36. The van der Waals surface area contributed by atoms with Crippen LogP contribution in [0, 0.1) is 11.3 Å². The van der Waals surface area contributed by atoms with Crippen molar-refractivity contribution in [1.29, 1.82) is 5.26 Å². The first-order valence-corrected chi connectivity index (χ1v) is 13.9. The van der Waals surface area contributed by atoms with Crippen LogP contribution in [0.1, 0.15) is 37.7 Å². The maximum absolute atomic E-state index is 13.3. The van der Waals surface area contributed by atoms with Crippen molar-refractivity contribution < 1.29 is 17.2 Å². The van der Waals surface area contributed by atoms with E-state index < -0.39 is 36.5 Å². The summed E-state index contributed by atoms with van der Waals surface area (Å²) in [6, 6.07) is 5.40. The molecule has 10 nitrogen and oxygen atoms in total. The van der Waals surface area contributed by atoms with Crippen LogP contribution in [0.15, 0.2) is 23.4 Å². The van der Waals surface area contributed by atoms with Gasteiger partial charge in [0.25, 0.3) is 0 Å². The molecule has 2 aromatic heterocycles. The van der Waals surface area contributed by atoms with Gasteiger partial charge >= 0.3 is 201 Å². The van der Waals surface area contributed by atoms with Gasteiger partial charge in [0.2, 0.25) is 0 Å². The van der Waals surface area contributed by atoms with E-state index >= 15 is 0 Å². The number of nitrogens with zero attached hydrogens (tertiary/aromatic N) is 6. The van der Waals surface area contributed by atoms with Gasteiger partial charge in [0, 0.05) is 0 Å². The molecule has 2 fully saturated rings. The fourth-order valence-electron chi connectivity index (χ4n) is 4.23. The molecule has 180 valence electrons. The molecule has 0 spiro atoms. The van der Waals surface area contributed by atoms with Gasteiger partial charge in [0.1, 0.15) is 0 Å². The second-order valence-corrected chi connectivity index (χ2v) is 12.6. The summed E-state index contributed by atoms with van der Waals surface area (Å²) in [5, 5.41) is 20.3. The monoisotopic (exact) mass is 556 g/mol. The van der Waals surface area contributed by atoms with Crippen molar-refractivity contribution >= 4 is 41.2 Å². The molecule has 2 atom stereocenters. The zero-order chi connectivity index (χ0) is 24.3. The van der Waals surface area contributed by atoms with E-state index in [0.29, 0.717) is 47.3 Å². The topological polar surface area (TPSA) is 129 Å². The van der Waals surface area contributed by atoms with Crippen LogP contribution < -0.4 is 14.9 Å². The number of anilines is 1. The Hall–Kier alpha value is -2.43. The van der Waals surface area contributed by atoms with Gasteiger partial charge in [-0.25, -0.2) is 0 Å². The number of rotatable bonds is 6. The molecule has 0 unspecified atom stereocenters. The molecule has 1 aromatic carbocycles. The molecule has 1 saturated carbocycles. The molecule has 3 aromatic rings. The van der Waals surface area contributed by atoms with E-state index in [2.05, 4.69) is 30.1 Å². The Morgan fingerprint density at radius 1 is 1.26 bits per heavy atom. The van der Waals surface area contributed by atoms with Gasteiger partial charge in [-0.3, -0.25) is 0 Å². The Morgan fingerprint density at radius 3 is 2.56 bits per heavy atom. The average molecular weight is 555 g/mol. The molecule has 0 bridgehead atoms. The van der Waals surface area contributed by atoms with E-state index in [1.54, 1.807) is 6.07 Å². The first-order chi connectivity index (χ1) is 16.1. The number of fused-ring (bicyclic) bond motifs is 1. The van der Waals surface area contributed by atoms with Crippen LogP contribution >= 0.6 is 0 Å². The molecule has 2 aliphatic rings. The fourth-order valence-corrected chi connectivity index (χ4v) is 7.08. The second kappa shape index (κ2) is 8.35. The van der Waals surface area contributed by atoms with Crippen LogP contribution in [0.4, 0.5) is 14.5 Å². The third-order valence-electron chi connectivity index (χ3n) is 5.93. The summed E-state index contributed by atoms with van der Waals surface area (Å²) in [5.74, 6) is 0. The average Bonchev–Trinajstić information content (AvgIpc) is 3.18. The van der Waals surface area contributed by atoms with Gasteiger partial charge in [-0.1, -0.05) is 0 Å². The molecule has 0 amide bonds. The quantitative estimate of drug-likeness (QED) is 0.436. The van der Waals surface area contributed by atoms with Crippen LogP contribution in [-0.4, -0.2) is 73.4 Å². The van der Waals surface area contributed by atoms with Crippen molar-refractivity contribution in [2.24, 2.45) is 0 Å². The van der Waals surface area contributed by atoms with Crippen LogP contribution in [0.5, 0.6) is 0 Å². The molecule has 3 heterocycles. The van der Waals surface area contributed by atoms with Gasteiger partial charge in [0.15, 0.2) is 0 Å². The molecule has 1 aliphatic heterocycles. The molecule has 0 radical (unpaired) electrons. The first kappa shape index (κ1) is 23.3. The number of halogens is 2. The number of imidazole rings is 1. The number of hydrogen-bond donors (Lipinski definition) is 2. The molecule has 5 rings (SSSR count). The molecule has 2 N–H and O–H groups in total. The van der Waals surface area contributed by atoms with Crippen LogP contribution in [-0.2, 0) is 10.0 Å². The van der Waals surface area contributed by atoms with E-state index in [1.165, 1.54) is 17.0 Å². The number of sulfonamides is 1. The van der Waals surface area contributed by atoms with Crippen molar-refractivity contribution in [1.82, 2.24) is 29.8 Å². The van der Waals surface area contributed by atoms with Crippen molar-refractivity contribution in [2.75, 3.05) is 18.0 Å². The van der Waals surface area contributed by atoms with Crippen molar-refractivity contribution in [3.8, 4) is 10.8 Å². The van der Waals surface area contributed by atoms with Crippen LogP contribution in [0.2, 0.25) is 0 Å². The predicted octanol–water partition coefficient (Wildman–Crippen LogP) is 1.33. The van der Waals surface area contributed by atoms with Crippen molar-refractivity contribution in [3.63, 3.8) is 0 Å². The Balaban J connectivity index is 1.67. The number of hydrogen-bond acceptors (Lipinski definition) is 8. The predicted molar refractivity (Wildman–Crippen MR) is 121 cm³/mol. The van der Waals surface area contributed by atoms with Crippen LogP contribution in [0.3, 0.4) is 0 Å². The SMILES string of the molecule is C[C@H]1CN(c2cc(S(=O)(=O)NC3(C#N)CC3)cc3c2ncn3-c2nnc(C(F)F)[se]2)C[C@H](C)N1. The van der Waals surface area contributed by atoms with Gasteiger partial charge in [0.05, 0.1) is 0 Å². The fraction of sp³-hybridized carbons (Fsp3) is 0.500.